The van der Waals surface area contributed by atoms with E-state index < -0.39 is 0 Å². The normalized spacial score (nSPS) is 10.7. The largest absolute Gasteiger partial charge is 0.351 e. The number of aryl methyl sites for hydroxylation is 1. The van der Waals surface area contributed by atoms with Gasteiger partial charge in [-0.15, -0.1) is 11.8 Å². The van der Waals surface area contributed by atoms with Crippen molar-refractivity contribution in [1.82, 2.24) is 14.9 Å². The van der Waals surface area contributed by atoms with Crippen molar-refractivity contribution < 1.29 is 4.79 Å². The lowest BCUT2D eigenvalue weighted by Crippen LogP contribution is -2.24. The van der Waals surface area contributed by atoms with Gasteiger partial charge in [-0.3, -0.25) is 4.79 Å². The number of imidazole rings is 1. The molecule has 1 N–H and O–H groups in total. The van der Waals surface area contributed by atoms with E-state index in [1.165, 1.54) is 0 Å². The van der Waals surface area contributed by atoms with Crippen molar-refractivity contribution in [2.24, 2.45) is 0 Å². The summed E-state index contributed by atoms with van der Waals surface area (Å²) >= 11 is 7.54. The van der Waals surface area contributed by atoms with Crippen LogP contribution in [0.2, 0.25) is 5.02 Å². The van der Waals surface area contributed by atoms with Gasteiger partial charge in [0.05, 0.1) is 5.75 Å². The first-order valence-electron chi connectivity index (χ1n) is 8.30. The van der Waals surface area contributed by atoms with Crippen molar-refractivity contribution >= 4 is 29.3 Å². The van der Waals surface area contributed by atoms with Crippen LogP contribution in [0.15, 0.2) is 60.9 Å². The van der Waals surface area contributed by atoms with Gasteiger partial charge in [0, 0.05) is 35.4 Å². The summed E-state index contributed by atoms with van der Waals surface area (Å²) in [5.41, 5.74) is 3.26. The quantitative estimate of drug-likeness (QED) is 0.656. The van der Waals surface area contributed by atoms with E-state index in [9.17, 15) is 4.79 Å². The summed E-state index contributed by atoms with van der Waals surface area (Å²) in [4.78, 5) is 16.2. The number of carbonyl (C=O) groups is 1. The summed E-state index contributed by atoms with van der Waals surface area (Å²) in [6, 6.07) is 15.8. The highest BCUT2D eigenvalue weighted by molar-refractivity contribution is 7.99. The van der Waals surface area contributed by atoms with Crippen molar-refractivity contribution in [1.29, 1.82) is 0 Å². The first-order chi connectivity index (χ1) is 12.6. The molecule has 0 aliphatic carbocycles. The number of aromatic nitrogens is 2. The zero-order valence-corrected chi connectivity index (χ0v) is 16.1. The van der Waals surface area contributed by atoms with Crippen LogP contribution in [-0.2, 0) is 17.1 Å². The molecule has 0 saturated heterocycles. The highest BCUT2D eigenvalue weighted by atomic mass is 35.5. The molecule has 26 heavy (non-hydrogen) atoms. The predicted octanol–water partition coefficient (Wildman–Crippen LogP) is 4.38. The molecule has 0 saturated carbocycles. The number of nitrogens with zero attached hydrogens (tertiary/aromatic N) is 2. The molecule has 1 amide bonds. The topological polar surface area (TPSA) is 46.9 Å². The van der Waals surface area contributed by atoms with Crippen LogP contribution in [0.5, 0.6) is 0 Å². The minimum Gasteiger partial charge on any atom is -0.351 e. The van der Waals surface area contributed by atoms with Gasteiger partial charge in [0.25, 0.3) is 0 Å². The van der Waals surface area contributed by atoms with E-state index in [1.807, 2.05) is 66.2 Å². The summed E-state index contributed by atoms with van der Waals surface area (Å²) < 4.78 is 2.02. The number of rotatable bonds is 7. The number of halogens is 1. The molecule has 0 radical (unpaired) electrons. The van der Waals surface area contributed by atoms with Crippen LogP contribution in [0.4, 0.5) is 0 Å². The molecule has 4 nitrogen and oxygen atoms in total. The van der Waals surface area contributed by atoms with Gasteiger partial charge < -0.3 is 9.88 Å². The molecule has 1 heterocycles. The third kappa shape index (κ3) is 5.13. The van der Waals surface area contributed by atoms with Gasteiger partial charge in [-0.05, 0) is 42.3 Å². The van der Waals surface area contributed by atoms with Gasteiger partial charge >= 0.3 is 0 Å². The van der Waals surface area contributed by atoms with Gasteiger partial charge in [-0.1, -0.05) is 35.9 Å². The molecule has 3 rings (SSSR count). The fourth-order valence-corrected chi connectivity index (χ4v) is 3.58. The van der Waals surface area contributed by atoms with Gasteiger partial charge in [0.1, 0.15) is 5.82 Å². The fraction of sp³-hybridized carbons (Fsp3) is 0.200. The Kier molecular flexibility index (Phi) is 6.36. The Morgan fingerprint density at radius 3 is 2.69 bits per heavy atom. The minimum atomic E-state index is 0.0339. The van der Waals surface area contributed by atoms with Gasteiger partial charge in [-0.2, -0.15) is 0 Å². The molecular formula is C20H20ClN3OS. The third-order valence-electron chi connectivity index (χ3n) is 3.92. The molecule has 2 aromatic carbocycles. The van der Waals surface area contributed by atoms with Crippen molar-refractivity contribution in [3.8, 4) is 5.69 Å². The number of thioether (sulfide) groups is 1. The Morgan fingerprint density at radius 2 is 2.00 bits per heavy atom. The van der Waals surface area contributed by atoms with Crippen LogP contribution in [0, 0.1) is 6.92 Å². The lowest BCUT2D eigenvalue weighted by Gasteiger charge is -2.08. The van der Waals surface area contributed by atoms with Gasteiger partial charge in [-0.25, -0.2) is 4.98 Å². The Hall–Kier alpha value is -2.24. The van der Waals surface area contributed by atoms with Crippen molar-refractivity contribution in [3.63, 3.8) is 0 Å². The Bertz CT molecular complexity index is 877. The van der Waals surface area contributed by atoms with Gasteiger partial charge in [0.15, 0.2) is 0 Å². The van der Waals surface area contributed by atoms with E-state index in [-0.39, 0.29) is 5.91 Å². The molecule has 0 spiro atoms. The zero-order chi connectivity index (χ0) is 18.4. The minimum absolute atomic E-state index is 0.0339. The molecule has 0 aliphatic heterocycles. The monoisotopic (exact) mass is 385 g/mol. The van der Waals surface area contributed by atoms with Crippen molar-refractivity contribution in [3.05, 3.63) is 82.9 Å². The molecule has 0 atom stereocenters. The number of benzene rings is 2. The summed E-state index contributed by atoms with van der Waals surface area (Å²) in [6.45, 7) is 2.49. The SMILES string of the molecule is Cc1nccn1-c1ccc(CNC(=O)CSCc2cccc(Cl)c2)cc1. The van der Waals surface area contributed by atoms with E-state index in [1.54, 1.807) is 18.0 Å². The maximum atomic E-state index is 12.0. The second kappa shape index (κ2) is 8.92. The van der Waals surface area contributed by atoms with Crippen molar-refractivity contribution in [2.75, 3.05) is 5.75 Å². The van der Waals surface area contributed by atoms with Gasteiger partial charge in [0.2, 0.25) is 5.91 Å². The molecule has 0 aliphatic rings. The van der Waals surface area contributed by atoms with E-state index in [4.69, 9.17) is 11.6 Å². The zero-order valence-electron chi connectivity index (χ0n) is 14.5. The number of nitrogens with one attached hydrogen (secondary N) is 1. The van der Waals surface area contributed by atoms with Crippen molar-refractivity contribution in [2.45, 2.75) is 19.2 Å². The Morgan fingerprint density at radius 1 is 1.19 bits per heavy atom. The second-order valence-corrected chi connectivity index (χ2v) is 7.33. The van der Waals surface area contributed by atoms with Crippen LogP contribution in [0.1, 0.15) is 17.0 Å². The summed E-state index contributed by atoms with van der Waals surface area (Å²) in [5.74, 6) is 2.18. The maximum absolute atomic E-state index is 12.0. The summed E-state index contributed by atoms with van der Waals surface area (Å²) in [7, 11) is 0. The number of hydrogen-bond donors (Lipinski definition) is 1. The van der Waals surface area contributed by atoms with Crippen LogP contribution >= 0.6 is 23.4 Å². The molecule has 0 fully saturated rings. The molecule has 6 heteroatoms. The van der Waals surface area contributed by atoms with E-state index in [0.29, 0.717) is 12.3 Å². The molecule has 0 bridgehead atoms. The Labute approximate surface area is 162 Å². The van der Waals surface area contributed by atoms with Crippen LogP contribution in [0.3, 0.4) is 0 Å². The lowest BCUT2D eigenvalue weighted by molar-refractivity contribution is -0.118. The number of carbonyl (C=O) groups excluding carboxylic acids is 1. The second-order valence-electron chi connectivity index (χ2n) is 5.91. The molecule has 134 valence electrons. The molecule has 3 aromatic rings. The van der Waals surface area contributed by atoms with Crippen LogP contribution in [0.25, 0.3) is 5.69 Å². The highest BCUT2D eigenvalue weighted by Gasteiger charge is 2.04. The fourth-order valence-electron chi connectivity index (χ4n) is 2.57. The third-order valence-corrected chi connectivity index (χ3v) is 5.16. The smallest absolute Gasteiger partial charge is 0.230 e. The number of amides is 1. The first kappa shape index (κ1) is 18.5. The highest BCUT2D eigenvalue weighted by Crippen LogP contribution is 2.16. The van der Waals surface area contributed by atoms with Crippen LogP contribution in [-0.4, -0.2) is 21.2 Å². The first-order valence-corrected chi connectivity index (χ1v) is 9.83. The summed E-state index contributed by atoms with van der Waals surface area (Å²) in [5, 5.41) is 3.68. The van der Waals surface area contributed by atoms with Crippen LogP contribution < -0.4 is 5.32 Å². The predicted molar refractivity (Wildman–Crippen MR) is 108 cm³/mol. The Balaban J connectivity index is 1.43. The van der Waals surface area contributed by atoms with E-state index >= 15 is 0 Å². The molecule has 1 aromatic heterocycles. The summed E-state index contributed by atoms with van der Waals surface area (Å²) in [6.07, 6.45) is 3.72. The standard InChI is InChI=1S/C20H20ClN3OS/c1-15-22-9-10-24(15)19-7-5-16(6-8-19)12-23-20(25)14-26-13-17-3-2-4-18(21)11-17/h2-11H,12-14H2,1H3,(H,23,25). The number of hydrogen-bond acceptors (Lipinski definition) is 3. The average molecular weight is 386 g/mol. The lowest BCUT2D eigenvalue weighted by atomic mass is 10.2. The van der Waals surface area contributed by atoms with E-state index in [0.717, 1.165) is 33.4 Å². The average Bonchev–Trinajstić information content (AvgIpc) is 3.06. The molecule has 0 unspecified atom stereocenters. The molecular weight excluding hydrogens is 366 g/mol. The maximum Gasteiger partial charge on any atom is 0.230 e. The van der Waals surface area contributed by atoms with E-state index in [2.05, 4.69) is 10.3 Å².